The van der Waals surface area contributed by atoms with Crippen molar-refractivity contribution in [3.63, 3.8) is 0 Å². The Hall–Kier alpha value is -5.47. The third-order valence-electron chi connectivity index (χ3n) is 14.0. The van der Waals surface area contributed by atoms with Crippen LogP contribution in [0.25, 0.3) is 0 Å². The average Bonchev–Trinajstić information content (AvgIpc) is 3.24. The lowest BCUT2D eigenvalue weighted by Gasteiger charge is -2.68. The van der Waals surface area contributed by atoms with Crippen LogP contribution in [0.5, 0.6) is 0 Å². The second-order valence-electron chi connectivity index (χ2n) is 18.0. The first-order valence-electron chi connectivity index (χ1n) is 20.9. The number of hydrogen-bond donors (Lipinski definition) is 4. The third-order valence-corrected chi connectivity index (χ3v) is 14.0. The van der Waals surface area contributed by atoms with E-state index in [0.29, 0.717) is 11.1 Å². The molecule has 1 heterocycles. The largest absolute Gasteiger partial charge is 0.487 e. The molecule has 0 spiro atoms. The first-order valence-corrected chi connectivity index (χ1v) is 20.9. The maximum atomic E-state index is 15.6. The molecule has 0 unspecified atom stereocenters. The van der Waals surface area contributed by atoms with Crippen molar-refractivity contribution in [2.24, 2.45) is 22.7 Å². The Morgan fingerprint density at radius 2 is 1.48 bits per heavy atom. The number of hydrogen-bond acceptors (Lipinski definition) is 12. The number of ketones is 2. The van der Waals surface area contributed by atoms with E-state index in [1.165, 1.54) is 0 Å². The van der Waals surface area contributed by atoms with Gasteiger partial charge in [0.1, 0.15) is 12.2 Å². The summed E-state index contributed by atoms with van der Waals surface area (Å²) in [4.78, 5) is 71.0. The highest BCUT2D eigenvalue weighted by atomic mass is 16.6. The van der Waals surface area contributed by atoms with Gasteiger partial charge < -0.3 is 39.6 Å². The summed E-state index contributed by atoms with van der Waals surface area (Å²) in [5.74, 6) is -5.71. The fourth-order valence-corrected chi connectivity index (χ4v) is 10.9. The van der Waals surface area contributed by atoms with E-state index in [1.807, 2.05) is 0 Å². The molecule has 3 aliphatic carbocycles. The van der Waals surface area contributed by atoms with Crippen molar-refractivity contribution < 1.29 is 58.2 Å². The van der Waals surface area contributed by atoms with E-state index in [4.69, 9.17) is 18.9 Å². The third kappa shape index (κ3) is 7.38. The molecule has 3 aromatic carbocycles. The van der Waals surface area contributed by atoms with E-state index in [2.05, 4.69) is 11.9 Å². The van der Waals surface area contributed by atoms with Gasteiger partial charge in [-0.15, -0.1) is 0 Å². The molecule has 1 saturated heterocycles. The van der Waals surface area contributed by atoms with E-state index in [1.54, 1.807) is 126 Å². The number of aliphatic hydroxyl groups is 3. The second-order valence-corrected chi connectivity index (χ2v) is 18.0. The van der Waals surface area contributed by atoms with Gasteiger partial charge >= 0.3 is 11.9 Å². The summed E-state index contributed by atoms with van der Waals surface area (Å²) in [6, 6.07) is 23.9. The van der Waals surface area contributed by atoms with Crippen LogP contribution >= 0.6 is 0 Å². The molecule has 7 rings (SSSR count). The Morgan fingerprint density at radius 1 is 0.903 bits per heavy atom. The maximum Gasteiger partial charge on any atom is 0.338 e. The van der Waals surface area contributed by atoms with Crippen molar-refractivity contribution in [2.45, 2.75) is 109 Å². The second kappa shape index (κ2) is 16.7. The summed E-state index contributed by atoms with van der Waals surface area (Å²) in [6.45, 7) is 13.3. The van der Waals surface area contributed by atoms with Crippen LogP contribution < -0.4 is 5.32 Å². The van der Waals surface area contributed by atoms with Crippen LogP contribution in [0.4, 0.5) is 0 Å². The predicted molar refractivity (Wildman–Crippen MR) is 225 cm³/mol. The minimum Gasteiger partial charge on any atom is -0.487 e. The number of carbonyl (C=O) groups is 5. The Labute approximate surface area is 361 Å². The van der Waals surface area contributed by atoms with Crippen LogP contribution in [0.2, 0.25) is 0 Å². The number of esters is 2. The number of amides is 1. The Morgan fingerprint density at radius 3 is 2.03 bits per heavy atom. The highest BCUT2D eigenvalue weighted by molar-refractivity contribution is 5.98. The average molecular weight is 850 g/mol. The number of aliphatic hydroxyl groups excluding tert-OH is 2. The molecule has 1 aliphatic heterocycles. The molecule has 3 fully saturated rings. The molecule has 2 saturated carbocycles. The highest BCUT2D eigenvalue weighted by Gasteiger charge is 2.77. The molecular formula is C49H55NO12. The molecule has 4 N–H and O–H groups in total. The number of carbonyl (C=O) groups excluding carboxylic acids is 5. The molecule has 13 heteroatoms. The van der Waals surface area contributed by atoms with Crippen molar-refractivity contribution in [1.82, 2.24) is 5.32 Å². The zero-order valence-electron chi connectivity index (χ0n) is 35.8. The first-order chi connectivity index (χ1) is 29.3. The molecule has 0 radical (unpaired) electrons. The van der Waals surface area contributed by atoms with Gasteiger partial charge in [-0.25, -0.2) is 4.79 Å². The van der Waals surface area contributed by atoms with E-state index in [-0.39, 0.29) is 54.1 Å². The lowest BCUT2D eigenvalue weighted by atomic mass is 9.41. The quantitative estimate of drug-likeness (QED) is 0.0788. The zero-order valence-corrected chi connectivity index (χ0v) is 35.8. The van der Waals surface area contributed by atoms with Gasteiger partial charge in [0, 0.05) is 54.6 Å². The molecule has 0 aromatic heterocycles. The van der Waals surface area contributed by atoms with Gasteiger partial charge in [-0.3, -0.25) is 19.2 Å². The Kier molecular flexibility index (Phi) is 12.0. The van der Waals surface area contributed by atoms with Crippen molar-refractivity contribution in [3.05, 3.63) is 131 Å². The molecule has 13 nitrogen and oxygen atoms in total. The molecular weight excluding hydrogens is 795 g/mol. The molecule has 2 bridgehead atoms. The Bertz CT molecular complexity index is 2280. The minimum absolute atomic E-state index is 0.0421. The highest BCUT2D eigenvalue weighted by Crippen LogP contribution is 2.66. The smallest absolute Gasteiger partial charge is 0.338 e. The predicted octanol–water partition coefficient (Wildman–Crippen LogP) is 5.39. The van der Waals surface area contributed by atoms with Gasteiger partial charge in [-0.1, -0.05) is 99.3 Å². The fourth-order valence-electron chi connectivity index (χ4n) is 10.9. The van der Waals surface area contributed by atoms with Crippen molar-refractivity contribution in [2.75, 3.05) is 6.61 Å². The van der Waals surface area contributed by atoms with Gasteiger partial charge in [0.25, 0.3) is 5.91 Å². The summed E-state index contributed by atoms with van der Waals surface area (Å²) >= 11 is 0. The standard InChI is InChI=1S/C49H55NO12/c1-27(2)62-48-26-59-37(48)24-36(53)47(7)42(48)33(23-34(52)30-17-11-8-12-18-30)49(58)25-35(28(3)38(46(49,5)6)41(43(47)55)60-29(4)51)61-45(57)40(54)39(31-19-13-9-14-20-31)50-44(56)32-21-15-10-16-22-32/h8-22,33,35-37,39-42,53-54,58H,1,23-26H2,2-7H3,(H,50,56)/t33-,35-,36-,37+,39-,40+,41+,42-,47+,48-,49+/m0/s1. The van der Waals surface area contributed by atoms with Gasteiger partial charge in [-0.05, 0) is 49.6 Å². The topological polar surface area (TPSA) is 195 Å². The maximum absolute atomic E-state index is 15.6. The van der Waals surface area contributed by atoms with Crippen molar-refractivity contribution in [1.29, 1.82) is 0 Å². The normalized spacial score (nSPS) is 31.9. The molecule has 1 amide bonds. The molecule has 4 aliphatic rings. The number of nitrogens with one attached hydrogen (secondary N) is 1. The lowest BCUT2D eigenvalue weighted by molar-refractivity contribution is -0.341. The molecule has 3 aromatic rings. The number of rotatable bonds is 12. The SMILES string of the molecule is C=C(C)O[C@@]12CO[C@@H]1C[C@H](O)[C@@]1(C)C(=O)[C@H](OC(C)=O)C3=C(C)[C@@H](OC(=O)[C@H](O)[C@@H](NC(=O)c4ccccc4)c4ccccc4)C[C@@](O)([C@@H](CC(=O)c4ccccc4)[C@H]21)C3(C)C. The minimum atomic E-state index is -2.09. The number of fused-ring (bicyclic) bond motifs is 5. The van der Waals surface area contributed by atoms with Crippen molar-refractivity contribution in [3.8, 4) is 0 Å². The lowest BCUT2D eigenvalue weighted by Crippen LogP contribution is -2.80. The number of ether oxygens (including phenoxy) is 4. The number of benzene rings is 3. The summed E-state index contributed by atoms with van der Waals surface area (Å²) in [5.41, 5.74) is -5.35. The fraction of sp³-hybridized carbons (Fsp3) is 0.449. The van der Waals surface area contributed by atoms with E-state index in [0.717, 1.165) is 6.92 Å². The molecule has 11 atom stereocenters. The number of allylic oxidation sites excluding steroid dienone is 1. The van der Waals surface area contributed by atoms with Crippen LogP contribution in [-0.4, -0.2) is 93.1 Å². The van der Waals surface area contributed by atoms with Gasteiger partial charge in [0.2, 0.25) is 0 Å². The van der Waals surface area contributed by atoms with Gasteiger partial charge in [-0.2, -0.15) is 0 Å². The van der Waals surface area contributed by atoms with Crippen LogP contribution in [0, 0.1) is 22.7 Å². The first kappa shape index (κ1) is 44.6. The van der Waals surface area contributed by atoms with E-state index >= 15 is 4.79 Å². The van der Waals surface area contributed by atoms with Gasteiger partial charge in [0.05, 0.1) is 35.5 Å². The van der Waals surface area contributed by atoms with Crippen LogP contribution in [0.3, 0.4) is 0 Å². The monoisotopic (exact) mass is 849 g/mol. The van der Waals surface area contributed by atoms with Crippen LogP contribution in [0.15, 0.2) is 114 Å². The number of Topliss-reactive ketones (excluding diaryl/α,β-unsaturated/α-hetero) is 2. The molecule has 328 valence electrons. The van der Waals surface area contributed by atoms with Crippen LogP contribution in [0.1, 0.15) is 93.1 Å². The summed E-state index contributed by atoms with van der Waals surface area (Å²) in [5, 5.41) is 40.6. The van der Waals surface area contributed by atoms with Crippen LogP contribution in [-0.2, 0) is 33.3 Å². The van der Waals surface area contributed by atoms with E-state index in [9.17, 15) is 34.5 Å². The molecule has 62 heavy (non-hydrogen) atoms. The summed E-state index contributed by atoms with van der Waals surface area (Å²) < 4.78 is 24.8. The summed E-state index contributed by atoms with van der Waals surface area (Å²) in [7, 11) is 0. The zero-order chi connectivity index (χ0) is 44.9. The summed E-state index contributed by atoms with van der Waals surface area (Å²) in [6.07, 6.45) is -7.98. The van der Waals surface area contributed by atoms with E-state index < -0.39 is 94.1 Å². The van der Waals surface area contributed by atoms with Gasteiger partial charge in [0.15, 0.2) is 29.4 Å². The van der Waals surface area contributed by atoms with Crippen molar-refractivity contribution >= 4 is 29.4 Å². The Balaban J connectivity index is 1.39.